The molecule has 0 radical (unpaired) electrons. The zero-order chi connectivity index (χ0) is 13.8. The van der Waals surface area contributed by atoms with Crippen molar-refractivity contribution in [1.82, 2.24) is 9.78 Å². The molecule has 1 aromatic carbocycles. The summed E-state index contributed by atoms with van der Waals surface area (Å²) in [5.41, 5.74) is 2.08. The van der Waals surface area contributed by atoms with Gasteiger partial charge in [-0.1, -0.05) is 18.2 Å². The van der Waals surface area contributed by atoms with Crippen LogP contribution in [0.25, 0.3) is 6.08 Å². The number of halogens is 1. The smallest absolute Gasteiger partial charge is 0.189 e. The van der Waals surface area contributed by atoms with Gasteiger partial charge in [0.25, 0.3) is 0 Å². The standard InChI is InChI=1S/C15H15FN2O/c1-3-18-11(2)14(10-17-18)15(19)8-7-12-5-4-6-13(16)9-12/h4-10H,3H2,1-2H3/b8-7+. The molecule has 0 aliphatic heterocycles. The van der Waals surface area contributed by atoms with Gasteiger partial charge < -0.3 is 0 Å². The Morgan fingerprint density at radius 3 is 2.89 bits per heavy atom. The average Bonchev–Trinajstić information content (AvgIpc) is 2.77. The third kappa shape index (κ3) is 2.96. The van der Waals surface area contributed by atoms with Crippen molar-refractivity contribution >= 4 is 11.9 Å². The molecule has 0 aliphatic rings. The van der Waals surface area contributed by atoms with E-state index in [4.69, 9.17) is 0 Å². The highest BCUT2D eigenvalue weighted by molar-refractivity contribution is 6.07. The fraction of sp³-hybridized carbons (Fsp3) is 0.200. The highest BCUT2D eigenvalue weighted by Gasteiger charge is 2.10. The molecule has 0 amide bonds. The lowest BCUT2D eigenvalue weighted by atomic mass is 10.1. The quantitative estimate of drug-likeness (QED) is 0.623. The first kappa shape index (κ1) is 13.2. The number of nitrogens with zero attached hydrogens (tertiary/aromatic N) is 2. The molecular weight excluding hydrogens is 243 g/mol. The number of carbonyl (C=O) groups excluding carboxylic acids is 1. The molecule has 3 nitrogen and oxygen atoms in total. The van der Waals surface area contributed by atoms with Gasteiger partial charge in [0.2, 0.25) is 0 Å². The molecular formula is C15H15FN2O. The van der Waals surface area contributed by atoms with Crippen molar-refractivity contribution in [1.29, 1.82) is 0 Å². The van der Waals surface area contributed by atoms with E-state index in [0.29, 0.717) is 11.1 Å². The molecule has 0 N–H and O–H groups in total. The summed E-state index contributed by atoms with van der Waals surface area (Å²) >= 11 is 0. The summed E-state index contributed by atoms with van der Waals surface area (Å²) in [5, 5.41) is 4.13. The van der Waals surface area contributed by atoms with Gasteiger partial charge in [-0.15, -0.1) is 0 Å². The van der Waals surface area contributed by atoms with Crippen molar-refractivity contribution < 1.29 is 9.18 Å². The van der Waals surface area contributed by atoms with E-state index in [9.17, 15) is 9.18 Å². The molecule has 0 fully saturated rings. The molecule has 0 bridgehead atoms. The third-order valence-electron chi connectivity index (χ3n) is 2.94. The first-order valence-corrected chi connectivity index (χ1v) is 6.12. The van der Waals surface area contributed by atoms with Gasteiger partial charge in [-0.05, 0) is 37.6 Å². The molecule has 0 spiro atoms. The van der Waals surface area contributed by atoms with E-state index in [0.717, 1.165) is 12.2 Å². The number of ketones is 1. The summed E-state index contributed by atoms with van der Waals surface area (Å²) in [6.07, 6.45) is 4.62. The summed E-state index contributed by atoms with van der Waals surface area (Å²) in [4.78, 5) is 12.0. The van der Waals surface area contributed by atoms with E-state index in [1.54, 1.807) is 29.1 Å². The van der Waals surface area contributed by atoms with Crippen LogP contribution >= 0.6 is 0 Å². The summed E-state index contributed by atoms with van der Waals surface area (Å²) in [7, 11) is 0. The van der Waals surface area contributed by atoms with Crippen LogP contribution in [-0.2, 0) is 6.54 Å². The number of hydrogen-bond donors (Lipinski definition) is 0. The summed E-state index contributed by atoms with van der Waals surface area (Å²) in [6, 6.07) is 6.11. The van der Waals surface area contributed by atoms with Gasteiger partial charge in [0.1, 0.15) is 5.82 Å². The third-order valence-corrected chi connectivity index (χ3v) is 2.94. The van der Waals surface area contributed by atoms with E-state index in [2.05, 4.69) is 5.10 Å². The zero-order valence-electron chi connectivity index (χ0n) is 10.9. The Hall–Kier alpha value is -2.23. The maximum Gasteiger partial charge on any atom is 0.189 e. The Kier molecular flexibility index (Phi) is 3.90. The second-order valence-corrected chi connectivity index (χ2v) is 4.21. The largest absolute Gasteiger partial charge is 0.289 e. The molecule has 0 unspecified atom stereocenters. The Labute approximate surface area is 111 Å². The normalized spacial score (nSPS) is 11.1. The Morgan fingerprint density at radius 1 is 1.47 bits per heavy atom. The van der Waals surface area contributed by atoms with Crippen LogP contribution in [0.3, 0.4) is 0 Å². The van der Waals surface area contributed by atoms with Crippen LogP contribution in [0.4, 0.5) is 4.39 Å². The molecule has 19 heavy (non-hydrogen) atoms. The van der Waals surface area contributed by atoms with Crippen LogP contribution in [0, 0.1) is 12.7 Å². The van der Waals surface area contributed by atoms with Crippen molar-refractivity contribution in [2.24, 2.45) is 0 Å². The van der Waals surface area contributed by atoms with Gasteiger partial charge in [-0.2, -0.15) is 5.10 Å². The lowest BCUT2D eigenvalue weighted by molar-refractivity contribution is 0.104. The van der Waals surface area contributed by atoms with Crippen LogP contribution < -0.4 is 0 Å². The topological polar surface area (TPSA) is 34.9 Å². The van der Waals surface area contributed by atoms with Crippen LogP contribution in [0.5, 0.6) is 0 Å². The van der Waals surface area contributed by atoms with Crippen molar-refractivity contribution in [2.75, 3.05) is 0 Å². The molecule has 0 aliphatic carbocycles. The van der Waals surface area contributed by atoms with E-state index in [-0.39, 0.29) is 11.6 Å². The number of allylic oxidation sites excluding steroid dienone is 1. The van der Waals surface area contributed by atoms with E-state index in [1.807, 2.05) is 13.8 Å². The Bertz CT molecular complexity index is 629. The minimum atomic E-state index is -0.315. The molecule has 98 valence electrons. The first-order chi connectivity index (χ1) is 9.11. The van der Waals surface area contributed by atoms with Crippen LogP contribution in [-0.4, -0.2) is 15.6 Å². The van der Waals surface area contributed by atoms with Gasteiger partial charge in [0.05, 0.1) is 11.8 Å². The van der Waals surface area contributed by atoms with Crippen molar-refractivity contribution in [3.63, 3.8) is 0 Å². The number of hydrogen-bond acceptors (Lipinski definition) is 2. The van der Waals surface area contributed by atoms with E-state index < -0.39 is 0 Å². The van der Waals surface area contributed by atoms with Crippen molar-refractivity contribution in [3.8, 4) is 0 Å². The lowest BCUT2D eigenvalue weighted by Crippen LogP contribution is -2.01. The molecule has 0 atom stereocenters. The molecule has 0 saturated heterocycles. The second kappa shape index (κ2) is 5.61. The summed E-state index contributed by atoms with van der Waals surface area (Å²) in [6.45, 7) is 4.56. The Balaban J connectivity index is 2.19. The maximum absolute atomic E-state index is 13.0. The van der Waals surface area contributed by atoms with E-state index in [1.165, 1.54) is 18.2 Å². The number of aryl methyl sites for hydroxylation is 1. The summed E-state index contributed by atoms with van der Waals surface area (Å²) < 4.78 is 14.8. The molecule has 2 rings (SSSR count). The van der Waals surface area contributed by atoms with Crippen molar-refractivity contribution in [2.45, 2.75) is 20.4 Å². The highest BCUT2D eigenvalue weighted by atomic mass is 19.1. The van der Waals surface area contributed by atoms with Gasteiger partial charge in [0.15, 0.2) is 5.78 Å². The maximum atomic E-state index is 13.0. The fourth-order valence-electron chi connectivity index (χ4n) is 1.88. The number of rotatable bonds is 4. The monoisotopic (exact) mass is 258 g/mol. The number of aromatic nitrogens is 2. The van der Waals surface area contributed by atoms with Crippen molar-refractivity contribution in [3.05, 3.63) is 59.2 Å². The SMILES string of the molecule is CCn1ncc(C(=O)/C=C/c2cccc(F)c2)c1C. The van der Waals surface area contributed by atoms with Crippen LogP contribution in [0.15, 0.2) is 36.5 Å². The van der Waals surface area contributed by atoms with Gasteiger partial charge in [0, 0.05) is 12.2 Å². The number of carbonyl (C=O) groups is 1. The Morgan fingerprint density at radius 2 is 2.26 bits per heavy atom. The lowest BCUT2D eigenvalue weighted by Gasteiger charge is -1.99. The number of benzene rings is 1. The second-order valence-electron chi connectivity index (χ2n) is 4.21. The molecule has 1 heterocycles. The molecule has 4 heteroatoms. The molecule has 0 saturated carbocycles. The van der Waals surface area contributed by atoms with Gasteiger partial charge in [-0.25, -0.2) is 4.39 Å². The molecule has 1 aromatic heterocycles. The van der Waals surface area contributed by atoms with Crippen LogP contribution in [0.2, 0.25) is 0 Å². The predicted molar refractivity (Wildman–Crippen MR) is 72.4 cm³/mol. The molecule has 2 aromatic rings. The minimum absolute atomic E-state index is 0.124. The van der Waals surface area contributed by atoms with E-state index >= 15 is 0 Å². The first-order valence-electron chi connectivity index (χ1n) is 6.12. The predicted octanol–water partition coefficient (Wildman–Crippen LogP) is 3.25. The highest BCUT2D eigenvalue weighted by Crippen LogP contribution is 2.11. The fourth-order valence-corrected chi connectivity index (χ4v) is 1.88. The van der Waals surface area contributed by atoms with Gasteiger partial charge >= 0.3 is 0 Å². The average molecular weight is 258 g/mol. The summed E-state index contributed by atoms with van der Waals surface area (Å²) in [5.74, 6) is -0.439. The van der Waals surface area contributed by atoms with Gasteiger partial charge in [-0.3, -0.25) is 9.48 Å². The van der Waals surface area contributed by atoms with Crippen LogP contribution in [0.1, 0.15) is 28.5 Å². The minimum Gasteiger partial charge on any atom is -0.289 e. The zero-order valence-corrected chi connectivity index (χ0v) is 10.9.